The molecule has 0 fully saturated rings. The molecular weight excluding hydrogens is 350 g/mol. The summed E-state index contributed by atoms with van der Waals surface area (Å²) in [5.41, 5.74) is 2.93. The van der Waals surface area contributed by atoms with Crippen molar-refractivity contribution in [1.82, 2.24) is 20.2 Å². The largest absolute Gasteiger partial charge is 0.270 e. The summed E-state index contributed by atoms with van der Waals surface area (Å²) >= 11 is 7.40. The van der Waals surface area contributed by atoms with Crippen LogP contribution in [0.3, 0.4) is 0 Å². The maximum Gasteiger partial charge on any atom is 0.270 e. The Labute approximate surface area is 146 Å². The summed E-state index contributed by atoms with van der Waals surface area (Å²) in [5, 5.41) is 23.5. The first kappa shape index (κ1) is 16.4. The second kappa shape index (κ2) is 6.58. The number of nitro groups is 1. The van der Waals surface area contributed by atoms with E-state index in [1.807, 2.05) is 32.0 Å². The van der Waals surface area contributed by atoms with Crippen LogP contribution in [0.5, 0.6) is 0 Å². The fourth-order valence-corrected chi connectivity index (χ4v) is 3.38. The fraction of sp³-hybridized carbons (Fsp3) is 0.133. The summed E-state index contributed by atoms with van der Waals surface area (Å²) in [6.45, 7) is 3.97. The molecular formula is C15H12ClN5O2S. The van der Waals surface area contributed by atoms with Gasteiger partial charge in [0, 0.05) is 17.0 Å². The highest BCUT2D eigenvalue weighted by Crippen LogP contribution is 2.35. The molecule has 0 saturated carbocycles. The van der Waals surface area contributed by atoms with Gasteiger partial charge in [0.2, 0.25) is 5.16 Å². The number of para-hydroxylation sites is 1. The molecule has 0 aliphatic heterocycles. The molecule has 2 aromatic carbocycles. The second-order valence-electron chi connectivity index (χ2n) is 5.09. The number of aryl methyl sites for hydroxylation is 2. The van der Waals surface area contributed by atoms with Crippen molar-refractivity contribution >= 4 is 29.1 Å². The third-order valence-electron chi connectivity index (χ3n) is 3.42. The molecule has 1 aromatic heterocycles. The standard InChI is InChI=1S/C15H12ClN5O2S/c1-9-4-3-5-10(2)14(9)20-15(17-18-19-20)24-13-7-6-11(21(22)23)8-12(13)16/h3-8H,1-2H3. The van der Waals surface area contributed by atoms with Crippen LogP contribution < -0.4 is 0 Å². The number of nitro benzene ring substituents is 1. The minimum atomic E-state index is -0.485. The van der Waals surface area contributed by atoms with E-state index in [1.165, 1.54) is 23.9 Å². The lowest BCUT2D eigenvalue weighted by Gasteiger charge is -2.10. The number of nitrogens with zero attached hydrogens (tertiary/aromatic N) is 5. The lowest BCUT2D eigenvalue weighted by atomic mass is 10.1. The number of halogens is 1. The molecule has 0 spiro atoms. The summed E-state index contributed by atoms with van der Waals surface area (Å²) in [4.78, 5) is 11.0. The van der Waals surface area contributed by atoms with Gasteiger partial charge in [0.05, 0.1) is 15.6 Å². The van der Waals surface area contributed by atoms with Crippen molar-refractivity contribution in [2.75, 3.05) is 0 Å². The lowest BCUT2D eigenvalue weighted by molar-refractivity contribution is -0.384. The van der Waals surface area contributed by atoms with Crippen molar-refractivity contribution in [3.8, 4) is 5.69 Å². The van der Waals surface area contributed by atoms with Gasteiger partial charge < -0.3 is 0 Å². The Kier molecular flexibility index (Phi) is 4.50. The highest BCUT2D eigenvalue weighted by Gasteiger charge is 2.17. The number of tetrazole rings is 1. The van der Waals surface area contributed by atoms with E-state index in [9.17, 15) is 10.1 Å². The second-order valence-corrected chi connectivity index (χ2v) is 6.50. The topological polar surface area (TPSA) is 86.7 Å². The normalized spacial score (nSPS) is 10.8. The Morgan fingerprint density at radius 1 is 1.21 bits per heavy atom. The number of hydrogen-bond donors (Lipinski definition) is 0. The van der Waals surface area contributed by atoms with Crippen LogP contribution in [0.15, 0.2) is 46.5 Å². The first-order valence-electron chi connectivity index (χ1n) is 6.94. The molecule has 7 nitrogen and oxygen atoms in total. The molecule has 9 heteroatoms. The van der Waals surface area contributed by atoms with Gasteiger partial charge in [-0.3, -0.25) is 10.1 Å². The maximum atomic E-state index is 10.8. The molecule has 1 heterocycles. The molecule has 24 heavy (non-hydrogen) atoms. The van der Waals surface area contributed by atoms with Gasteiger partial charge >= 0.3 is 0 Å². The maximum absolute atomic E-state index is 10.8. The van der Waals surface area contributed by atoms with Crippen molar-refractivity contribution in [2.24, 2.45) is 0 Å². The smallest absolute Gasteiger partial charge is 0.258 e. The first-order chi connectivity index (χ1) is 11.5. The average molecular weight is 362 g/mol. The predicted octanol–water partition coefficient (Wildman–Crippen LogP) is 3.99. The van der Waals surface area contributed by atoms with E-state index in [4.69, 9.17) is 11.6 Å². The van der Waals surface area contributed by atoms with E-state index >= 15 is 0 Å². The van der Waals surface area contributed by atoms with Crippen LogP contribution in [0.1, 0.15) is 11.1 Å². The zero-order valence-electron chi connectivity index (χ0n) is 12.8. The SMILES string of the molecule is Cc1cccc(C)c1-n1nnnc1Sc1ccc([N+](=O)[O-])cc1Cl. The van der Waals surface area contributed by atoms with Crippen LogP contribution >= 0.6 is 23.4 Å². The van der Waals surface area contributed by atoms with Gasteiger partial charge in [-0.05, 0) is 53.2 Å². The predicted molar refractivity (Wildman–Crippen MR) is 90.9 cm³/mol. The highest BCUT2D eigenvalue weighted by atomic mass is 35.5. The van der Waals surface area contributed by atoms with Gasteiger partial charge in [-0.25, -0.2) is 0 Å². The number of aromatic nitrogens is 4. The molecule has 0 radical (unpaired) electrons. The van der Waals surface area contributed by atoms with Crippen LogP contribution in [0.4, 0.5) is 5.69 Å². The Morgan fingerprint density at radius 3 is 2.54 bits per heavy atom. The molecule has 3 rings (SSSR count). The van der Waals surface area contributed by atoms with Crippen molar-refractivity contribution in [2.45, 2.75) is 23.9 Å². The molecule has 0 saturated heterocycles. The monoisotopic (exact) mass is 361 g/mol. The van der Waals surface area contributed by atoms with Crippen LogP contribution in [0.2, 0.25) is 5.02 Å². The summed E-state index contributed by atoms with van der Waals surface area (Å²) in [6, 6.07) is 10.3. The van der Waals surface area contributed by atoms with Gasteiger partial charge in [0.25, 0.3) is 5.69 Å². The third kappa shape index (κ3) is 3.10. The quantitative estimate of drug-likeness (QED) is 0.515. The lowest BCUT2D eigenvalue weighted by Crippen LogP contribution is -2.03. The number of benzene rings is 2. The van der Waals surface area contributed by atoms with Crippen molar-refractivity contribution in [3.63, 3.8) is 0 Å². The van der Waals surface area contributed by atoms with E-state index in [2.05, 4.69) is 15.5 Å². The molecule has 0 aliphatic carbocycles. The number of non-ortho nitro benzene ring substituents is 1. The molecule has 0 amide bonds. The molecule has 0 bridgehead atoms. The van der Waals surface area contributed by atoms with Gasteiger partial charge in [-0.2, -0.15) is 4.68 Å². The van der Waals surface area contributed by atoms with Gasteiger partial charge in [-0.15, -0.1) is 5.10 Å². The van der Waals surface area contributed by atoms with E-state index < -0.39 is 4.92 Å². The Hall–Kier alpha value is -2.45. The van der Waals surface area contributed by atoms with Gasteiger partial charge in [0.1, 0.15) is 0 Å². The molecule has 0 unspecified atom stereocenters. The Balaban J connectivity index is 1.99. The summed E-state index contributed by atoms with van der Waals surface area (Å²) in [5.74, 6) is 0. The van der Waals surface area contributed by atoms with Crippen molar-refractivity contribution in [1.29, 1.82) is 0 Å². The van der Waals surface area contributed by atoms with Crippen molar-refractivity contribution < 1.29 is 4.92 Å². The zero-order chi connectivity index (χ0) is 17.3. The summed E-state index contributed by atoms with van der Waals surface area (Å²) < 4.78 is 1.65. The van der Waals surface area contributed by atoms with Crippen LogP contribution in [-0.4, -0.2) is 25.1 Å². The Bertz CT molecular complexity index is 908. The van der Waals surface area contributed by atoms with Crippen LogP contribution in [0, 0.1) is 24.0 Å². The molecule has 0 N–H and O–H groups in total. The van der Waals surface area contributed by atoms with E-state index in [0.717, 1.165) is 16.8 Å². The minimum Gasteiger partial charge on any atom is -0.258 e. The van der Waals surface area contributed by atoms with Crippen LogP contribution in [-0.2, 0) is 0 Å². The molecule has 0 atom stereocenters. The van der Waals surface area contributed by atoms with Crippen molar-refractivity contribution in [3.05, 3.63) is 62.7 Å². The van der Waals surface area contributed by atoms with E-state index in [-0.39, 0.29) is 10.7 Å². The third-order valence-corrected chi connectivity index (χ3v) is 4.86. The van der Waals surface area contributed by atoms with E-state index in [1.54, 1.807) is 10.7 Å². The first-order valence-corrected chi connectivity index (χ1v) is 8.13. The highest BCUT2D eigenvalue weighted by molar-refractivity contribution is 7.99. The molecule has 0 aliphatic rings. The Morgan fingerprint density at radius 2 is 1.92 bits per heavy atom. The number of rotatable bonds is 4. The van der Waals surface area contributed by atoms with Crippen LogP contribution in [0.25, 0.3) is 5.69 Å². The van der Waals surface area contributed by atoms with Gasteiger partial charge in [0.15, 0.2) is 0 Å². The average Bonchev–Trinajstić information content (AvgIpc) is 2.97. The fourth-order valence-electron chi connectivity index (χ4n) is 2.31. The van der Waals surface area contributed by atoms with E-state index in [0.29, 0.717) is 10.1 Å². The number of hydrogen-bond acceptors (Lipinski definition) is 6. The summed E-state index contributed by atoms with van der Waals surface area (Å²) in [7, 11) is 0. The molecule has 3 aromatic rings. The summed E-state index contributed by atoms with van der Waals surface area (Å²) in [6.07, 6.45) is 0. The molecule has 122 valence electrons. The van der Waals surface area contributed by atoms with Gasteiger partial charge in [-0.1, -0.05) is 29.8 Å². The minimum absolute atomic E-state index is 0.0568. The zero-order valence-corrected chi connectivity index (χ0v) is 14.4.